The molecule has 0 aliphatic carbocycles. The van der Waals surface area contributed by atoms with Crippen molar-refractivity contribution in [1.29, 1.82) is 5.26 Å². The van der Waals surface area contributed by atoms with Crippen molar-refractivity contribution >= 4 is 38.6 Å². The summed E-state index contributed by atoms with van der Waals surface area (Å²) >= 11 is 4.66. The van der Waals surface area contributed by atoms with Crippen LogP contribution in [0.15, 0.2) is 34.3 Å². The van der Waals surface area contributed by atoms with E-state index >= 15 is 0 Å². The van der Waals surface area contributed by atoms with Crippen molar-refractivity contribution in [3.63, 3.8) is 0 Å². The van der Waals surface area contributed by atoms with Crippen LogP contribution in [0.5, 0.6) is 0 Å². The number of nitrogens with two attached hydrogens (primary N) is 1. The molecule has 0 atom stereocenters. The maximum Gasteiger partial charge on any atom is 0.243 e. The van der Waals surface area contributed by atoms with E-state index in [1.54, 1.807) is 32.0 Å². The highest BCUT2D eigenvalue weighted by Crippen LogP contribution is 2.18. The molecule has 22 heavy (non-hydrogen) atoms. The SMILES string of the molecule is CCN(CC)S(=O)(=O)c1ccc(NN=C(C#N)C(N)=S)cc1. The summed E-state index contributed by atoms with van der Waals surface area (Å²) in [4.78, 5) is 0.0799. The minimum atomic E-state index is -3.49. The van der Waals surface area contributed by atoms with Crippen molar-refractivity contribution < 1.29 is 8.42 Å². The molecule has 0 bridgehead atoms. The number of nitrogens with zero attached hydrogens (tertiary/aromatic N) is 3. The molecule has 0 radical (unpaired) electrons. The van der Waals surface area contributed by atoms with Crippen LogP contribution in [0.4, 0.5) is 5.69 Å². The number of hydrogen-bond donors (Lipinski definition) is 2. The fourth-order valence-electron chi connectivity index (χ4n) is 1.67. The number of hydrazone groups is 1. The second-order valence-corrected chi connectivity index (χ2v) is 6.54. The van der Waals surface area contributed by atoms with Crippen molar-refractivity contribution in [3.05, 3.63) is 24.3 Å². The molecule has 0 unspecified atom stereocenters. The van der Waals surface area contributed by atoms with Gasteiger partial charge in [0, 0.05) is 13.1 Å². The summed E-state index contributed by atoms with van der Waals surface area (Å²) in [7, 11) is -3.49. The molecule has 0 heterocycles. The van der Waals surface area contributed by atoms with Gasteiger partial charge in [0.15, 0.2) is 5.71 Å². The standard InChI is InChI=1S/C13H17N5O2S2/c1-3-18(4-2)22(19,20)11-7-5-10(6-8-11)16-17-12(9-14)13(15)21/h5-8,16H,3-4H2,1-2H3,(H2,15,21). The van der Waals surface area contributed by atoms with Crippen molar-refractivity contribution in [2.75, 3.05) is 18.5 Å². The smallest absolute Gasteiger partial charge is 0.243 e. The van der Waals surface area contributed by atoms with E-state index in [4.69, 9.17) is 11.0 Å². The maximum absolute atomic E-state index is 12.3. The van der Waals surface area contributed by atoms with Gasteiger partial charge < -0.3 is 5.73 Å². The molecule has 0 spiro atoms. The van der Waals surface area contributed by atoms with Gasteiger partial charge >= 0.3 is 0 Å². The van der Waals surface area contributed by atoms with Gasteiger partial charge in [-0.25, -0.2) is 8.42 Å². The number of rotatable bonds is 7. The van der Waals surface area contributed by atoms with Gasteiger partial charge in [-0.3, -0.25) is 5.43 Å². The number of thiocarbonyl (C=S) groups is 1. The summed E-state index contributed by atoms with van der Waals surface area (Å²) in [6.45, 7) is 4.38. The van der Waals surface area contributed by atoms with Crippen LogP contribution < -0.4 is 11.2 Å². The van der Waals surface area contributed by atoms with Crippen LogP contribution in [0.2, 0.25) is 0 Å². The van der Waals surface area contributed by atoms with Gasteiger partial charge in [-0.1, -0.05) is 26.1 Å². The lowest BCUT2D eigenvalue weighted by molar-refractivity contribution is 0.445. The first-order valence-corrected chi connectivity index (χ1v) is 8.35. The second kappa shape index (κ2) is 7.84. The average molecular weight is 339 g/mol. The van der Waals surface area contributed by atoms with Crippen molar-refractivity contribution in [1.82, 2.24) is 4.31 Å². The van der Waals surface area contributed by atoms with E-state index in [1.807, 2.05) is 0 Å². The number of hydrogen-bond acceptors (Lipinski definition) is 6. The molecule has 0 saturated heterocycles. The Morgan fingerprint density at radius 1 is 1.36 bits per heavy atom. The van der Waals surface area contributed by atoms with Crippen molar-refractivity contribution in [2.45, 2.75) is 18.7 Å². The van der Waals surface area contributed by atoms with Crippen LogP contribution in [0.1, 0.15) is 13.8 Å². The predicted octanol–water partition coefficient (Wildman–Crippen LogP) is 1.29. The Balaban J connectivity index is 2.97. The first kappa shape index (κ1) is 18.0. The molecule has 1 aromatic carbocycles. The third-order valence-corrected chi connectivity index (χ3v) is 5.09. The molecule has 0 fully saturated rings. The fourth-order valence-corrected chi connectivity index (χ4v) is 3.22. The zero-order valence-electron chi connectivity index (χ0n) is 12.3. The van der Waals surface area contributed by atoms with Gasteiger partial charge in [-0.15, -0.1) is 0 Å². The molecule has 1 aromatic rings. The largest absolute Gasteiger partial charge is 0.387 e. The minimum Gasteiger partial charge on any atom is -0.387 e. The van der Waals surface area contributed by atoms with Crippen LogP contribution in [0.3, 0.4) is 0 Å². The molecule has 118 valence electrons. The minimum absolute atomic E-state index is 0.102. The summed E-state index contributed by atoms with van der Waals surface area (Å²) in [6, 6.07) is 7.80. The molecule has 0 aromatic heterocycles. The summed E-state index contributed by atoms with van der Waals surface area (Å²) in [6.07, 6.45) is 0. The molecule has 7 nitrogen and oxygen atoms in total. The zero-order chi connectivity index (χ0) is 16.8. The normalized spacial score (nSPS) is 12.0. The molecule has 1 rings (SSSR count). The van der Waals surface area contributed by atoms with E-state index in [2.05, 4.69) is 22.7 Å². The molecule has 0 aliphatic heterocycles. The topological polar surface area (TPSA) is 112 Å². The fraction of sp³-hybridized carbons (Fsp3) is 0.308. The Bertz CT molecular complexity index is 701. The van der Waals surface area contributed by atoms with Crippen LogP contribution in [0, 0.1) is 11.3 Å². The summed E-state index contributed by atoms with van der Waals surface area (Å²) in [5.74, 6) is 0. The van der Waals surface area contributed by atoms with E-state index in [-0.39, 0.29) is 15.6 Å². The Labute approximate surface area is 135 Å². The maximum atomic E-state index is 12.3. The predicted molar refractivity (Wildman–Crippen MR) is 90.0 cm³/mol. The van der Waals surface area contributed by atoms with Crippen molar-refractivity contribution in [2.24, 2.45) is 10.8 Å². The number of anilines is 1. The molecule has 0 amide bonds. The highest BCUT2D eigenvalue weighted by Gasteiger charge is 2.21. The Morgan fingerprint density at radius 3 is 2.32 bits per heavy atom. The first-order valence-electron chi connectivity index (χ1n) is 6.50. The number of benzene rings is 1. The summed E-state index contributed by atoms with van der Waals surface area (Å²) in [5.41, 5.74) is 8.33. The summed E-state index contributed by atoms with van der Waals surface area (Å²) < 4.78 is 26.0. The molecular weight excluding hydrogens is 322 g/mol. The van der Waals surface area contributed by atoms with Crippen LogP contribution in [-0.2, 0) is 10.0 Å². The molecule has 3 N–H and O–H groups in total. The third-order valence-electron chi connectivity index (χ3n) is 2.83. The van der Waals surface area contributed by atoms with Gasteiger partial charge in [0.05, 0.1) is 10.6 Å². The van der Waals surface area contributed by atoms with E-state index in [0.717, 1.165) is 0 Å². The first-order chi connectivity index (χ1) is 10.4. The zero-order valence-corrected chi connectivity index (χ0v) is 13.9. The highest BCUT2D eigenvalue weighted by atomic mass is 32.2. The Hall–Kier alpha value is -2.02. The molecule has 0 aliphatic rings. The lowest BCUT2D eigenvalue weighted by atomic mass is 10.3. The number of sulfonamides is 1. The van der Waals surface area contributed by atoms with E-state index in [0.29, 0.717) is 18.8 Å². The van der Waals surface area contributed by atoms with Crippen LogP contribution >= 0.6 is 12.2 Å². The van der Waals surface area contributed by atoms with Gasteiger partial charge in [0.2, 0.25) is 10.0 Å². The van der Waals surface area contributed by atoms with Gasteiger partial charge in [0.1, 0.15) is 11.1 Å². The Morgan fingerprint density at radius 2 is 1.91 bits per heavy atom. The summed E-state index contributed by atoms with van der Waals surface area (Å²) in [5, 5.41) is 12.5. The van der Waals surface area contributed by atoms with Crippen LogP contribution in [0.25, 0.3) is 0 Å². The second-order valence-electron chi connectivity index (χ2n) is 4.16. The monoisotopic (exact) mass is 339 g/mol. The number of nitriles is 1. The van der Waals surface area contributed by atoms with E-state index < -0.39 is 10.0 Å². The van der Waals surface area contributed by atoms with Gasteiger partial charge in [-0.05, 0) is 24.3 Å². The van der Waals surface area contributed by atoms with E-state index in [9.17, 15) is 8.42 Å². The lowest BCUT2D eigenvalue weighted by Crippen LogP contribution is -2.30. The quantitative estimate of drug-likeness (QED) is 0.440. The Kier molecular flexibility index (Phi) is 6.42. The third kappa shape index (κ3) is 4.24. The van der Waals surface area contributed by atoms with Crippen LogP contribution in [-0.4, -0.2) is 36.5 Å². The molecule has 0 saturated carbocycles. The van der Waals surface area contributed by atoms with Gasteiger partial charge in [0.25, 0.3) is 0 Å². The average Bonchev–Trinajstić information content (AvgIpc) is 2.49. The lowest BCUT2D eigenvalue weighted by Gasteiger charge is -2.18. The van der Waals surface area contributed by atoms with Gasteiger partial charge in [-0.2, -0.15) is 14.7 Å². The molecule has 9 heteroatoms. The molecular formula is C13H17N5O2S2. The van der Waals surface area contributed by atoms with E-state index in [1.165, 1.54) is 16.4 Å². The number of nitrogens with one attached hydrogen (secondary N) is 1. The highest BCUT2D eigenvalue weighted by molar-refractivity contribution is 7.89. The van der Waals surface area contributed by atoms with Crippen molar-refractivity contribution in [3.8, 4) is 6.07 Å².